The minimum atomic E-state index is -0.198. The van der Waals surface area contributed by atoms with Gasteiger partial charge in [0, 0.05) is 19.0 Å². The third-order valence-corrected chi connectivity index (χ3v) is 5.33. The molecule has 2 heterocycles. The number of ether oxygens (including phenoxy) is 1. The summed E-state index contributed by atoms with van der Waals surface area (Å²) in [7, 11) is 1.62. The van der Waals surface area contributed by atoms with Crippen LogP contribution in [0.25, 0.3) is 5.69 Å². The van der Waals surface area contributed by atoms with E-state index in [1.165, 1.54) is 15.8 Å². The van der Waals surface area contributed by atoms with Crippen molar-refractivity contribution >= 4 is 0 Å². The van der Waals surface area contributed by atoms with Crippen LogP contribution in [0.15, 0.2) is 53.3 Å². The number of likely N-dealkylation sites (tertiary alicyclic amines) is 1. The Labute approximate surface area is 164 Å². The van der Waals surface area contributed by atoms with Crippen molar-refractivity contribution in [2.24, 2.45) is 0 Å². The standard InChI is InChI=1S/C22H26N4O2/c1-16-5-3-6-17(13-16)14-25-12-4-7-18(15-25)21-23-22(27)26(24-21)19-8-10-20(28-2)11-9-19/h3,5-6,8-11,13,18H,4,7,12,14-15H2,1-2H3,(H,23,24,27)/t18-/m0/s1. The Kier molecular flexibility index (Phi) is 5.30. The van der Waals surface area contributed by atoms with Crippen LogP contribution in [-0.4, -0.2) is 39.9 Å². The fraction of sp³-hybridized carbons (Fsp3) is 0.364. The molecule has 0 saturated carbocycles. The first-order valence-electron chi connectivity index (χ1n) is 9.74. The molecule has 2 aromatic carbocycles. The summed E-state index contributed by atoms with van der Waals surface area (Å²) in [5, 5.41) is 4.60. The van der Waals surface area contributed by atoms with Crippen molar-refractivity contribution < 1.29 is 4.74 Å². The average molecular weight is 378 g/mol. The lowest BCUT2D eigenvalue weighted by atomic mass is 9.97. The number of aryl methyl sites for hydroxylation is 1. The molecule has 1 aliphatic rings. The fourth-order valence-corrected chi connectivity index (χ4v) is 3.91. The normalized spacial score (nSPS) is 17.6. The van der Waals surface area contributed by atoms with Gasteiger partial charge in [0.15, 0.2) is 0 Å². The molecule has 6 nitrogen and oxygen atoms in total. The second kappa shape index (κ2) is 8.02. The highest BCUT2D eigenvalue weighted by atomic mass is 16.5. The van der Waals surface area contributed by atoms with Gasteiger partial charge in [0.05, 0.1) is 12.8 Å². The van der Waals surface area contributed by atoms with Gasteiger partial charge in [-0.15, -0.1) is 5.10 Å². The first-order valence-corrected chi connectivity index (χ1v) is 9.74. The van der Waals surface area contributed by atoms with Crippen LogP contribution in [0.1, 0.15) is 35.7 Å². The summed E-state index contributed by atoms with van der Waals surface area (Å²) < 4.78 is 6.62. The number of aromatic nitrogens is 3. The number of aromatic amines is 1. The monoisotopic (exact) mass is 378 g/mol. The molecule has 1 aromatic heterocycles. The van der Waals surface area contributed by atoms with Crippen molar-refractivity contribution in [2.45, 2.75) is 32.2 Å². The van der Waals surface area contributed by atoms with E-state index in [1.54, 1.807) is 7.11 Å². The van der Waals surface area contributed by atoms with Crippen molar-refractivity contribution in [3.8, 4) is 11.4 Å². The highest BCUT2D eigenvalue weighted by Gasteiger charge is 2.25. The third-order valence-electron chi connectivity index (χ3n) is 5.33. The van der Waals surface area contributed by atoms with Gasteiger partial charge < -0.3 is 4.74 Å². The lowest BCUT2D eigenvalue weighted by Gasteiger charge is -2.31. The number of benzene rings is 2. The molecule has 0 spiro atoms. The smallest absolute Gasteiger partial charge is 0.348 e. The van der Waals surface area contributed by atoms with E-state index in [-0.39, 0.29) is 11.6 Å². The maximum atomic E-state index is 12.4. The molecule has 1 fully saturated rings. The van der Waals surface area contributed by atoms with Gasteiger partial charge in [-0.2, -0.15) is 4.68 Å². The molecule has 1 saturated heterocycles. The van der Waals surface area contributed by atoms with Gasteiger partial charge in [-0.05, 0) is 56.1 Å². The average Bonchev–Trinajstić information content (AvgIpc) is 3.10. The van der Waals surface area contributed by atoms with E-state index in [9.17, 15) is 4.79 Å². The van der Waals surface area contributed by atoms with Crippen LogP contribution >= 0.6 is 0 Å². The molecule has 3 aromatic rings. The molecule has 0 amide bonds. The fourth-order valence-electron chi connectivity index (χ4n) is 3.91. The molecule has 0 aliphatic carbocycles. The van der Waals surface area contributed by atoms with Crippen LogP contribution in [0, 0.1) is 6.92 Å². The number of hydrogen-bond acceptors (Lipinski definition) is 4. The van der Waals surface area contributed by atoms with Gasteiger partial charge in [-0.1, -0.05) is 29.8 Å². The number of piperidine rings is 1. The number of nitrogens with one attached hydrogen (secondary N) is 1. The molecule has 146 valence electrons. The van der Waals surface area contributed by atoms with E-state index in [0.717, 1.165) is 49.7 Å². The first-order chi connectivity index (χ1) is 13.6. The maximum Gasteiger partial charge on any atom is 0.348 e. The molecular weight excluding hydrogens is 352 g/mol. The van der Waals surface area contributed by atoms with Gasteiger partial charge in [-0.3, -0.25) is 9.88 Å². The van der Waals surface area contributed by atoms with Crippen molar-refractivity contribution in [1.82, 2.24) is 19.7 Å². The summed E-state index contributed by atoms with van der Waals surface area (Å²) in [5.41, 5.74) is 3.16. The molecule has 4 rings (SSSR count). The summed E-state index contributed by atoms with van der Waals surface area (Å²) in [6.07, 6.45) is 2.15. The van der Waals surface area contributed by atoms with E-state index in [2.05, 4.69) is 46.2 Å². The van der Waals surface area contributed by atoms with Gasteiger partial charge in [-0.25, -0.2) is 4.79 Å². The second-order valence-corrected chi connectivity index (χ2v) is 7.49. The number of rotatable bonds is 5. The number of hydrogen-bond donors (Lipinski definition) is 1. The molecule has 0 unspecified atom stereocenters. The van der Waals surface area contributed by atoms with E-state index in [1.807, 2.05) is 24.3 Å². The molecule has 28 heavy (non-hydrogen) atoms. The minimum absolute atomic E-state index is 0.198. The van der Waals surface area contributed by atoms with E-state index in [4.69, 9.17) is 4.74 Å². The summed E-state index contributed by atoms with van der Waals surface area (Å²) in [6, 6.07) is 16.0. The third kappa shape index (κ3) is 4.02. The zero-order valence-corrected chi connectivity index (χ0v) is 16.4. The number of methoxy groups -OCH3 is 1. The topological polar surface area (TPSA) is 63.1 Å². The largest absolute Gasteiger partial charge is 0.497 e. The van der Waals surface area contributed by atoms with Crippen molar-refractivity contribution in [3.63, 3.8) is 0 Å². The Balaban J connectivity index is 1.50. The Bertz CT molecular complexity index is 990. The lowest BCUT2D eigenvalue weighted by Crippen LogP contribution is -2.34. The van der Waals surface area contributed by atoms with E-state index < -0.39 is 0 Å². The Morgan fingerprint density at radius 1 is 1.21 bits per heavy atom. The quantitative estimate of drug-likeness (QED) is 0.740. The van der Waals surface area contributed by atoms with Crippen LogP contribution < -0.4 is 10.4 Å². The molecule has 6 heteroatoms. The van der Waals surface area contributed by atoms with Crippen molar-refractivity contribution in [2.75, 3.05) is 20.2 Å². The first kappa shape index (κ1) is 18.5. The highest BCUT2D eigenvalue weighted by Crippen LogP contribution is 2.25. The molecular formula is C22H26N4O2. The summed E-state index contributed by atoms with van der Waals surface area (Å²) in [5.74, 6) is 1.77. The Morgan fingerprint density at radius 3 is 2.79 bits per heavy atom. The lowest BCUT2D eigenvalue weighted by molar-refractivity contribution is 0.196. The zero-order chi connectivity index (χ0) is 19.5. The van der Waals surface area contributed by atoms with Crippen LogP contribution in [0.3, 0.4) is 0 Å². The second-order valence-electron chi connectivity index (χ2n) is 7.49. The summed E-state index contributed by atoms with van der Waals surface area (Å²) in [6.45, 7) is 5.04. The van der Waals surface area contributed by atoms with Crippen LogP contribution in [0.2, 0.25) is 0 Å². The number of nitrogens with zero attached hydrogens (tertiary/aromatic N) is 3. The number of H-pyrrole nitrogens is 1. The van der Waals surface area contributed by atoms with Crippen LogP contribution in [-0.2, 0) is 6.54 Å². The van der Waals surface area contributed by atoms with Crippen LogP contribution in [0.5, 0.6) is 5.75 Å². The molecule has 1 N–H and O–H groups in total. The van der Waals surface area contributed by atoms with Gasteiger partial charge in [0.25, 0.3) is 0 Å². The molecule has 1 atom stereocenters. The summed E-state index contributed by atoms with van der Waals surface area (Å²) >= 11 is 0. The Morgan fingerprint density at radius 2 is 2.04 bits per heavy atom. The Hall–Kier alpha value is -2.86. The van der Waals surface area contributed by atoms with Gasteiger partial charge in [0.1, 0.15) is 11.6 Å². The zero-order valence-electron chi connectivity index (χ0n) is 16.4. The summed E-state index contributed by atoms with van der Waals surface area (Å²) in [4.78, 5) is 17.9. The van der Waals surface area contributed by atoms with Crippen molar-refractivity contribution in [3.05, 3.63) is 76.0 Å². The van der Waals surface area contributed by atoms with E-state index in [0.29, 0.717) is 0 Å². The van der Waals surface area contributed by atoms with Crippen molar-refractivity contribution in [1.29, 1.82) is 0 Å². The van der Waals surface area contributed by atoms with Gasteiger partial charge in [0.2, 0.25) is 0 Å². The molecule has 0 bridgehead atoms. The van der Waals surface area contributed by atoms with Crippen LogP contribution in [0.4, 0.5) is 0 Å². The predicted molar refractivity (Wildman–Crippen MR) is 109 cm³/mol. The molecule has 0 radical (unpaired) electrons. The highest BCUT2D eigenvalue weighted by molar-refractivity contribution is 5.36. The maximum absolute atomic E-state index is 12.4. The predicted octanol–water partition coefficient (Wildman–Crippen LogP) is 3.26. The van der Waals surface area contributed by atoms with Gasteiger partial charge >= 0.3 is 5.69 Å². The van der Waals surface area contributed by atoms with E-state index >= 15 is 0 Å². The molecule has 1 aliphatic heterocycles. The SMILES string of the molecule is COc1ccc(-n2nc([C@H]3CCCN(Cc4cccc(C)c4)C3)[nH]c2=O)cc1. The minimum Gasteiger partial charge on any atom is -0.497 e.